The molecule has 2 atom stereocenters. The van der Waals surface area contributed by atoms with Crippen molar-refractivity contribution in [2.75, 3.05) is 13.7 Å². The number of nitrogens with zero attached hydrogens (tertiary/aromatic N) is 3. The molecule has 7 nitrogen and oxygen atoms in total. The number of thioether (sulfide) groups is 1. The Morgan fingerprint density at radius 2 is 2.13 bits per heavy atom. The van der Waals surface area contributed by atoms with Gasteiger partial charge in [0.25, 0.3) is 5.56 Å². The summed E-state index contributed by atoms with van der Waals surface area (Å²) in [5, 5.41) is 13.1. The Morgan fingerprint density at radius 3 is 2.73 bits per heavy atom. The average Bonchev–Trinajstić information content (AvgIpc) is 2.69. The van der Waals surface area contributed by atoms with Gasteiger partial charge in [0.1, 0.15) is 5.54 Å². The van der Waals surface area contributed by atoms with Crippen molar-refractivity contribution in [3.8, 4) is 6.07 Å². The number of carbonyl (C=O) groups is 1. The molecule has 0 radical (unpaired) electrons. The van der Waals surface area contributed by atoms with Crippen molar-refractivity contribution in [2.45, 2.75) is 56.6 Å². The molecule has 0 saturated carbocycles. The molecular formula is C21H27ClN4O3S. The fraction of sp³-hybridized carbons (Fsp3) is 0.524. The highest BCUT2D eigenvalue weighted by Crippen LogP contribution is 2.25. The van der Waals surface area contributed by atoms with Crippen molar-refractivity contribution >= 4 is 40.2 Å². The number of fused-ring (bicyclic) bond motifs is 1. The molecule has 2 rings (SSSR count). The quantitative estimate of drug-likeness (QED) is 0.356. The van der Waals surface area contributed by atoms with Crippen LogP contribution >= 0.6 is 23.4 Å². The van der Waals surface area contributed by atoms with Gasteiger partial charge in [-0.2, -0.15) is 5.26 Å². The lowest BCUT2D eigenvalue weighted by molar-refractivity contribution is -0.121. The van der Waals surface area contributed by atoms with Crippen LogP contribution in [0.4, 0.5) is 0 Å². The second-order valence-corrected chi connectivity index (χ2v) is 9.32. The van der Waals surface area contributed by atoms with Crippen molar-refractivity contribution in [1.29, 1.82) is 5.26 Å². The zero-order chi connectivity index (χ0) is 22.5. The first-order chi connectivity index (χ1) is 14.1. The molecule has 0 bridgehead atoms. The molecule has 2 aromatic rings. The van der Waals surface area contributed by atoms with E-state index in [9.17, 15) is 14.9 Å². The topological polar surface area (TPSA) is 97.0 Å². The van der Waals surface area contributed by atoms with Gasteiger partial charge < -0.3 is 10.1 Å². The van der Waals surface area contributed by atoms with E-state index in [1.807, 2.05) is 13.8 Å². The minimum absolute atomic E-state index is 0.0585. The number of benzene rings is 1. The maximum atomic E-state index is 13.1. The summed E-state index contributed by atoms with van der Waals surface area (Å²) >= 11 is 7.25. The summed E-state index contributed by atoms with van der Waals surface area (Å²) in [5.74, 6) is -0.349. The number of rotatable bonds is 9. The first-order valence-electron chi connectivity index (χ1n) is 9.72. The monoisotopic (exact) mass is 450 g/mol. The highest BCUT2D eigenvalue weighted by atomic mass is 35.5. The number of amides is 1. The van der Waals surface area contributed by atoms with Crippen LogP contribution < -0.4 is 10.9 Å². The van der Waals surface area contributed by atoms with Crippen LogP contribution in [0, 0.1) is 17.2 Å². The Morgan fingerprint density at radius 1 is 1.43 bits per heavy atom. The van der Waals surface area contributed by atoms with Gasteiger partial charge in [-0.15, -0.1) is 0 Å². The average molecular weight is 451 g/mol. The summed E-state index contributed by atoms with van der Waals surface area (Å²) in [5.41, 5.74) is -0.685. The molecule has 9 heteroatoms. The molecule has 0 spiro atoms. The summed E-state index contributed by atoms with van der Waals surface area (Å²) in [6.45, 7) is 8.10. The van der Waals surface area contributed by atoms with E-state index in [1.54, 1.807) is 43.7 Å². The maximum Gasteiger partial charge on any atom is 0.262 e. The molecule has 1 aromatic carbocycles. The number of nitriles is 1. The molecule has 0 aliphatic carbocycles. The lowest BCUT2D eigenvalue weighted by atomic mass is 9.90. The third-order valence-corrected chi connectivity index (χ3v) is 6.36. The molecule has 0 aliphatic heterocycles. The summed E-state index contributed by atoms with van der Waals surface area (Å²) in [4.78, 5) is 30.4. The summed E-state index contributed by atoms with van der Waals surface area (Å²) in [6, 6.07) is 7.12. The molecule has 0 aliphatic rings. The fourth-order valence-corrected chi connectivity index (χ4v) is 3.80. The van der Waals surface area contributed by atoms with E-state index in [0.29, 0.717) is 40.7 Å². The highest BCUT2D eigenvalue weighted by molar-refractivity contribution is 8.00. The smallest absolute Gasteiger partial charge is 0.262 e. The van der Waals surface area contributed by atoms with E-state index >= 15 is 0 Å². The molecule has 2 unspecified atom stereocenters. The van der Waals surface area contributed by atoms with Crippen molar-refractivity contribution in [3.63, 3.8) is 0 Å². The van der Waals surface area contributed by atoms with Crippen molar-refractivity contribution in [3.05, 3.63) is 33.6 Å². The van der Waals surface area contributed by atoms with Gasteiger partial charge in [-0.3, -0.25) is 14.2 Å². The second kappa shape index (κ2) is 10.3. The van der Waals surface area contributed by atoms with E-state index in [1.165, 1.54) is 11.8 Å². The zero-order valence-corrected chi connectivity index (χ0v) is 19.4. The van der Waals surface area contributed by atoms with Crippen LogP contribution in [-0.4, -0.2) is 40.0 Å². The van der Waals surface area contributed by atoms with E-state index in [-0.39, 0.29) is 17.4 Å². The second-order valence-electron chi connectivity index (χ2n) is 7.58. The van der Waals surface area contributed by atoms with Crippen molar-refractivity contribution in [2.24, 2.45) is 5.92 Å². The predicted molar refractivity (Wildman–Crippen MR) is 120 cm³/mol. The molecule has 162 valence electrons. The molecular weight excluding hydrogens is 424 g/mol. The molecule has 1 aromatic heterocycles. The lowest BCUT2D eigenvalue weighted by Crippen LogP contribution is -2.51. The number of methoxy groups -OCH3 is 1. The summed E-state index contributed by atoms with van der Waals surface area (Å²) < 4.78 is 6.67. The van der Waals surface area contributed by atoms with Crippen LogP contribution in [0.15, 0.2) is 28.2 Å². The largest absolute Gasteiger partial charge is 0.385 e. The van der Waals surface area contributed by atoms with Gasteiger partial charge in [0.15, 0.2) is 5.16 Å². The number of nitrogens with one attached hydrogen (secondary N) is 1. The number of carbonyl (C=O) groups excluding carboxylic acids is 1. The van der Waals surface area contributed by atoms with Crippen LogP contribution in [0.2, 0.25) is 5.02 Å². The Bertz CT molecular complexity index is 1020. The van der Waals surface area contributed by atoms with Crippen LogP contribution in [0.5, 0.6) is 0 Å². The van der Waals surface area contributed by atoms with Crippen LogP contribution in [-0.2, 0) is 16.1 Å². The van der Waals surface area contributed by atoms with Crippen LogP contribution in [0.3, 0.4) is 0 Å². The van der Waals surface area contributed by atoms with E-state index in [0.717, 1.165) is 0 Å². The third kappa shape index (κ3) is 5.54. The minimum Gasteiger partial charge on any atom is -0.385 e. The molecule has 1 heterocycles. The fourth-order valence-electron chi connectivity index (χ4n) is 2.70. The van der Waals surface area contributed by atoms with Gasteiger partial charge in [0.2, 0.25) is 5.91 Å². The zero-order valence-electron chi connectivity index (χ0n) is 17.9. The minimum atomic E-state index is -0.978. The van der Waals surface area contributed by atoms with Crippen LogP contribution in [0.1, 0.15) is 34.1 Å². The Hall–Kier alpha value is -2.08. The summed E-state index contributed by atoms with van der Waals surface area (Å²) in [6.07, 6.45) is 0.630. The highest BCUT2D eigenvalue weighted by Gasteiger charge is 2.32. The predicted octanol–water partition coefficient (Wildman–Crippen LogP) is 3.62. The van der Waals surface area contributed by atoms with Gasteiger partial charge >= 0.3 is 0 Å². The Balaban J connectivity index is 2.38. The number of aromatic nitrogens is 2. The number of halogens is 1. The Labute approximate surface area is 185 Å². The SMILES string of the molecule is COCCCn1c(SC(C)C(=O)NC(C)(C#N)C(C)C)nc2cc(Cl)ccc2c1=O. The van der Waals surface area contributed by atoms with Gasteiger partial charge in [0.05, 0.1) is 22.2 Å². The molecule has 0 fully saturated rings. The van der Waals surface area contributed by atoms with Crippen molar-refractivity contribution in [1.82, 2.24) is 14.9 Å². The molecule has 1 amide bonds. The van der Waals surface area contributed by atoms with Crippen molar-refractivity contribution < 1.29 is 9.53 Å². The normalized spacial score (nSPS) is 14.3. The summed E-state index contributed by atoms with van der Waals surface area (Å²) in [7, 11) is 1.60. The van der Waals surface area contributed by atoms with Gasteiger partial charge in [-0.1, -0.05) is 37.2 Å². The van der Waals surface area contributed by atoms with E-state index in [4.69, 9.17) is 16.3 Å². The number of hydrogen-bond donors (Lipinski definition) is 1. The van der Waals surface area contributed by atoms with Gasteiger partial charge in [-0.25, -0.2) is 4.98 Å². The third-order valence-electron chi connectivity index (χ3n) is 5.03. The lowest BCUT2D eigenvalue weighted by Gasteiger charge is -2.28. The first kappa shape index (κ1) is 24.2. The number of ether oxygens (including phenoxy) is 1. The Kier molecular flexibility index (Phi) is 8.30. The molecule has 1 N–H and O–H groups in total. The van der Waals surface area contributed by atoms with E-state index < -0.39 is 10.8 Å². The van der Waals surface area contributed by atoms with Crippen LogP contribution in [0.25, 0.3) is 10.9 Å². The van der Waals surface area contributed by atoms with Gasteiger partial charge in [-0.05, 0) is 44.4 Å². The first-order valence-corrected chi connectivity index (χ1v) is 11.0. The standard InChI is InChI=1S/C21H27ClN4O3S/c1-13(2)21(4,12-23)25-18(27)14(3)30-20-24-17-11-15(22)7-8-16(17)19(28)26(20)9-6-10-29-5/h7-8,11,13-14H,6,9-10H2,1-5H3,(H,25,27). The molecule has 30 heavy (non-hydrogen) atoms. The van der Waals surface area contributed by atoms with E-state index in [2.05, 4.69) is 16.4 Å². The maximum absolute atomic E-state index is 13.1. The molecule has 0 saturated heterocycles. The van der Waals surface area contributed by atoms with Gasteiger partial charge in [0, 0.05) is 25.3 Å². The number of hydrogen-bond acceptors (Lipinski definition) is 6.